The summed E-state index contributed by atoms with van der Waals surface area (Å²) in [6.07, 6.45) is 2.05. The highest BCUT2D eigenvalue weighted by Gasteiger charge is 2.20. The first-order valence-corrected chi connectivity index (χ1v) is 11.4. The molecule has 9 heteroatoms. The van der Waals surface area contributed by atoms with Gasteiger partial charge in [-0.2, -0.15) is 0 Å². The molecule has 0 unspecified atom stereocenters. The van der Waals surface area contributed by atoms with Crippen LogP contribution in [0.15, 0.2) is 40.6 Å². The Balaban J connectivity index is 1.63. The zero-order chi connectivity index (χ0) is 20.1. The minimum atomic E-state index is -3.66. The Morgan fingerprint density at radius 1 is 1.11 bits per heavy atom. The summed E-state index contributed by atoms with van der Waals surface area (Å²) >= 11 is 1.12. The number of likely N-dealkylation sites (tertiary alicyclic amines) is 1. The van der Waals surface area contributed by atoms with Gasteiger partial charge in [-0.15, -0.1) is 11.3 Å². The molecule has 3 rings (SSSR count). The van der Waals surface area contributed by atoms with Crippen LogP contribution in [0.1, 0.15) is 40.6 Å². The molecule has 1 aliphatic heterocycles. The van der Waals surface area contributed by atoms with Gasteiger partial charge in [0.1, 0.15) is 4.21 Å². The number of amides is 2. The quantitative estimate of drug-likeness (QED) is 0.716. The normalized spacial score (nSPS) is 14.2. The minimum absolute atomic E-state index is 0.0110. The van der Waals surface area contributed by atoms with Gasteiger partial charge in [0, 0.05) is 37.0 Å². The zero-order valence-electron chi connectivity index (χ0n) is 15.6. The first kappa shape index (κ1) is 20.5. The third-order valence-electron chi connectivity index (χ3n) is 4.45. The molecule has 0 aliphatic carbocycles. The van der Waals surface area contributed by atoms with E-state index in [1.807, 2.05) is 4.90 Å². The average Bonchev–Trinajstić information content (AvgIpc) is 3.36. The highest BCUT2D eigenvalue weighted by atomic mass is 32.2. The molecule has 150 valence electrons. The van der Waals surface area contributed by atoms with Crippen LogP contribution in [0.25, 0.3) is 0 Å². The van der Waals surface area contributed by atoms with Crippen molar-refractivity contribution < 1.29 is 18.0 Å². The molecule has 0 saturated carbocycles. The summed E-state index contributed by atoms with van der Waals surface area (Å²) in [4.78, 5) is 26.1. The molecule has 0 radical (unpaired) electrons. The molecule has 2 amide bonds. The third kappa shape index (κ3) is 5.18. The van der Waals surface area contributed by atoms with E-state index in [-0.39, 0.29) is 22.6 Å². The van der Waals surface area contributed by atoms with E-state index in [0.717, 1.165) is 47.7 Å². The zero-order valence-corrected chi connectivity index (χ0v) is 17.2. The molecule has 2 N–H and O–H groups in total. The van der Waals surface area contributed by atoms with Gasteiger partial charge in [-0.25, -0.2) is 13.1 Å². The van der Waals surface area contributed by atoms with Crippen molar-refractivity contribution in [3.8, 4) is 0 Å². The van der Waals surface area contributed by atoms with E-state index in [1.54, 1.807) is 30.3 Å². The topological polar surface area (TPSA) is 95.6 Å². The summed E-state index contributed by atoms with van der Waals surface area (Å²) in [6.45, 7) is 3.36. The van der Waals surface area contributed by atoms with Crippen molar-refractivity contribution in [3.05, 3.63) is 52.4 Å². The maximum atomic E-state index is 12.5. The predicted octanol–water partition coefficient (Wildman–Crippen LogP) is 2.10. The molecule has 1 aromatic heterocycles. The van der Waals surface area contributed by atoms with Crippen molar-refractivity contribution in [1.82, 2.24) is 14.9 Å². The van der Waals surface area contributed by atoms with Crippen LogP contribution in [-0.4, -0.2) is 38.2 Å². The Labute approximate surface area is 168 Å². The molecule has 2 heterocycles. The fourth-order valence-electron chi connectivity index (χ4n) is 2.98. The molecule has 1 saturated heterocycles. The lowest BCUT2D eigenvalue weighted by Gasteiger charge is -2.15. The van der Waals surface area contributed by atoms with E-state index < -0.39 is 10.0 Å². The summed E-state index contributed by atoms with van der Waals surface area (Å²) in [5.41, 5.74) is 1.30. The van der Waals surface area contributed by atoms with Gasteiger partial charge in [-0.05, 0) is 42.7 Å². The lowest BCUT2D eigenvalue weighted by Crippen LogP contribution is -2.28. The molecule has 0 spiro atoms. The molecule has 1 aliphatic rings. The SMILES string of the molecule is CC(=O)NCc1ccc(S(=O)(=O)NCc2cccc(C(=O)N3CCCC3)c2)s1. The largest absolute Gasteiger partial charge is 0.351 e. The van der Waals surface area contributed by atoms with Gasteiger partial charge in [0.05, 0.1) is 6.54 Å². The summed E-state index contributed by atoms with van der Waals surface area (Å²) in [5, 5.41) is 2.64. The fourth-order valence-corrected chi connectivity index (χ4v) is 5.33. The predicted molar refractivity (Wildman–Crippen MR) is 107 cm³/mol. The molecular formula is C19H23N3O4S2. The molecule has 1 fully saturated rings. The number of carbonyl (C=O) groups excluding carboxylic acids is 2. The van der Waals surface area contributed by atoms with E-state index in [4.69, 9.17) is 0 Å². The first-order chi connectivity index (χ1) is 13.3. The molecule has 2 aromatic rings. The molecule has 0 bridgehead atoms. The number of hydrogen-bond donors (Lipinski definition) is 2. The summed E-state index contributed by atoms with van der Waals surface area (Å²) < 4.78 is 27.8. The second-order valence-corrected chi connectivity index (χ2v) is 9.82. The molecule has 7 nitrogen and oxygen atoms in total. The van der Waals surface area contributed by atoms with E-state index >= 15 is 0 Å². The third-order valence-corrected chi connectivity index (χ3v) is 7.43. The highest BCUT2D eigenvalue weighted by Crippen LogP contribution is 2.22. The van der Waals surface area contributed by atoms with Crippen LogP contribution in [0.2, 0.25) is 0 Å². The van der Waals surface area contributed by atoms with E-state index in [2.05, 4.69) is 10.0 Å². The van der Waals surface area contributed by atoms with Gasteiger partial charge < -0.3 is 10.2 Å². The Morgan fingerprint density at radius 3 is 2.57 bits per heavy atom. The smallest absolute Gasteiger partial charge is 0.253 e. The number of thiophene rings is 1. The van der Waals surface area contributed by atoms with Gasteiger partial charge in [0.2, 0.25) is 15.9 Å². The van der Waals surface area contributed by atoms with Gasteiger partial charge in [-0.3, -0.25) is 9.59 Å². The van der Waals surface area contributed by atoms with Crippen molar-refractivity contribution in [2.75, 3.05) is 13.1 Å². The average molecular weight is 422 g/mol. The maximum Gasteiger partial charge on any atom is 0.253 e. The number of hydrogen-bond acceptors (Lipinski definition) is 5. The molecule has 28 heavy (non-hydrogen) atoms. The fraction of sp³-hybridized carbons (Fsp3) is 0.368. The van der Waals surface area contributed by atoms with Crippen molar-refractivity contribution in [3.63, 3.8) is 0 Å². The van der Waals surface area contributed by atoms with Gasteiger partial charge in [0.15, 0.2) is 0 Å². The minimum Gasteiger partial charge on any atom is -0.351 e. The summed E-state index contributed by atoms with van der Waals surface area (Å²) in [7, 11) is -3.66. The van der Waals surface area contributed by atoms with Crippen molar-refractivity contribution in [2.24, 2.45) is 0 Å². The maximum absolute atomic E-state index is 12.5. The van der Waals surface area contributed by atoms with E-state index in [1.165, 1.54) is 13.0 Å². The Hall–Kier alpha value is -2.23. The molecule has 0 atom stereocenters. The van der Waals surface area contributed by atoms with Gasteiger partial charge in [0.25, 0.3) is 5.91 Å². The van der Waals surface area contributed by atoms with Crippen LogP contribution in [0, 0.1) is 0 Å². The van der Waals surface area contributed by atoms with Crippen LogP contribution in [0.5, 0.6) is 0 Å². The second-order valence-electron chi connectivity index (χ2n) is 6.65. The van der Waals surface area contributed by atoms with Crippen LogP contribution < -0.4 is 10.0 Å². The van der Waals surface area contributed by atoms with E-state index in [0.29, 0.717) is 12.1 Å². The van der Waals surface area contributed by atoms with Crippen molar-refractivity contribution >= 4 is 33.2 Å². The molecule has 1 aromatic carbocycles. The van der Waals surface area contributed by atoms with Crippen molar-refractivity contribution in [1.29, 1.82) is 0 Å². The number of carbonyl (C=O) groups is 2. The summed E-state index contributed by atoms with van der Waals surface area (Å²) in [5.74, 6) is -0.178. The lowest BCUT2D eigenvalue weighted by molar-refractivity contribution is -0.119. The van der Waals surface area contributed by atoms with Crippen LogP contribution in [0.3, 0.4) is 0 Å². The Kier molecular flexibility index (Phi) is 6.48. The second kappa shape index (κ2) is 8.85. The number of rotatable bonds is 7. The van der Waals surface area contributed by atoms with Crippen LogP contribution in [0.4, 0.5) is 0 Å². The number of sulfonamides is 1. The first-order valence-electron chi connectivity index (χ1n) is 9.06. The van der Waals surface area contributed by atoms with Crippen LogP contribution in [-0.2, 0) is 27.9 Å². The number of benzene rings is 1. The van der Waals surface area contributed by atoms with Crippen LogP contribution >= 0.6 is 11.3 Å². The molecular weight excluding hydrogens is 398 g/mol. The number of nitrogens with zero attached hydrogens (tertiary/aromatic N) is 1. The monoisotopic (exact) mass is 421 g/mol. The standard InChI is InChI=1S/C19H23N3O4S2/c1-14(23)20-13-17-7-8-18(27-17)28(25,26)21-12-15-5-4-6-16(11-15)19(24)22-9-2-3-10-22/h4-8,11,21H,2-3,9-10,12-13H2,1H3,(H,20,23). The van der Waals surface area contributed by atoms with Crippen molar-refractivity contribution in [2.45, 2.75) is 37.1 Å². The summed E-state index contributed by atoms with van der Waals surface area (Å²) in [6, 6.07) is 10.3. The Bertz CT molecular complexity index is 963. The van der Waals surface area contributed by atoms with Gasteiger partial charge in [-0.1, -0.05) is 12.1 Å². The Morgan fingerprint density at radius 2 is 1.86 bits per heavy atom. The van der Waals surface area contributed by atoms with E-state index in [9.17, 15) is 18.0 Å². The van der Waals surface area contributed by atoms with Gasteiger partial charge >= 0.3 is 0 Å². The number of nitrogens with one attached hydrogen (secondary N) is 2. The highest BCUT2D eigenvalue weighted by molar-refractivity contribution is 7.91. The lowest BCUT2D eigenvalue weighted by atomic mass is 10.1.